The Kier molecular flexibility index (Phi) is 25.6. The van der Waals surface area contributed by atoms with Gasteiger partial charge in [-0.3, -0.25) is 28.5 Å². The Labute approximate surface area is 280 Å². The van der Waals surface area contributed by atoms with Gasteiger partial charge in [0.25, 0.3) is 0 Å². The molecule has 3 saturated heterocycles. The number of hydrogen-bond acceptors (Lipinski definition) is 10. The largest absolute Gasteiger partial charge is 0.394 e. The van der Waals surface area contributed by atoms with Gasteiger partial charge in [-0.15, -0.1) is 23.2 Å². The fourth-order valence-corrected chi connectivity index (χ4v) is 7.01. The lowest BCUT2D eigenvalue weighted by Crippen LogP contribution is -2.50. The van der Waals surface area contributed by atoms with Crippen LogP contribution in [0.25, 0.3) is 0 Å². The number of nitrogens with one attached hydrogen (secondary N) is 3. The zero-order valence-electron chi connectivity index (χ0n) is 23.7. The smallest absolute Gasteiger partial charge is 0.339 e. The van der Waals surface area contributed by atoms with E-state index in [2.05, 4.69) is 52.5 Å². The van der Waals surface area contributed by atoms with Gasteiger partial charge in [0.1, 0.15) is 0 Å². The summed E-state index contributed by atoms with van der Waals surface area (Å²) in [5.41, 5.74) is 0. The lowest BCUT2D eigenvalue weighted by atomic mass is 10.2. The van der Waals surface area contributed by atoms with E-state index >= 15 is 0 Å². The normalized spacial score (nSPS) is 22.3. The Morgan fingerprint density at radius 3 is 1.63 bits per heavy atom. The van der Waals surface area contributed by atoms with Gasteiger partial charge in [0.05, 0.1) is 6.61 Å². The van der Waals surface area contributed by atoms with Crippen LogP contribution in [-0.2, 0) is 34.0 Å². The monoisotopic (exact) mass is 830 g/mol. The van der Waals surface area contributed by atoms with Crippen LogP contribution in [0.5, 0.6) is 0 Å². The van der Waals surface area contributed by atoms with Crippen molar-refractivity contribution in [2.24, 2.45) is 0 Å². The van der Waals surface area contributed by atoms with Gasteiger partial charge in [-0.25, -0.2) is 14.6 Å². The van der Waals surface area contributed by atoms with Crippen molar-refractivity contribution >= 4 is 84.9 Å². The van der Waals surface area contributed by atoms with E-state index in [4.69, 9.17) is 50.5 Å². The molecule has 256 valence electrons. The molecule has 16 nitrogen and oxygen atoms in total. The predicted molar refractivity (Wildman–Crippen MR) is 172 cm³/mol. The number of amides is 2. The molecule has 0 aromatic rings. The van der Waals surface area contributed by atoms with Crippen LogP contribution >= 0.6 is 62.7 Å². The van der Waals surface area contributed by atoms with E-state index < -0.39 is 24.3 Å². The van der Waals surface area contributed by atoms with Gasteiger partial charge < -0.3 is 25.0 Å². The lowest BCUT2D eigenvalue weighted by molar-refractivity contribution is -0.286. The number of carbonyl (C=O) groups is 2. The molecule has 3 heterocycles. The van der Waals surface area contributed by atoms with Crippen LogP contribution in [0, 0.1) is 0 Å². The van der Waals surface area contributed by atoms with Crippen LogP contribution in [0.15, 0.2) is 0 Å². The van der Waals surface area contributed by atoms with E-state index in [0.29, 0.717) is 81.0 Å². The summed E-state index contributed by atoms with van der Waals surface area (Å²) in [5, 5.41) is 19.0. The Bertz CT molecular complexity index is 873. The van der Waals surface area contributed by atoms with Crippen LogP contribution in [0.1, 0.15) is 19.3 Å². The van der Waals surface area contributed by atoms with Crippen molar-refractivity contribution in [3.05, 3.63) is 0 Å². The van der Waals surface area contributed by atoms with Crippen LogP contribution in [-0.4, -0.2) is 150 Å². The number of alkyl halides is 4. The molecular formula is C21H43Br2Cl2N6O10PS. The first-order valence-corrected chi connectivity index (χ1v) is 19.6. The van der Waals surface area contributed by atoms with E-state index in [0.717, 1.165) is 26.2 Å². The topological polar surface area (TPSA) is 210 Å². The van der Waals surface area contributed by atoms with Crippen molar-refractivity contribution in [2.75, 3.05) is 94.5 Å². The maximum absolute atomic E-state index is 12.4. The molecule has 0 spiro atoms. The highest BCUT2D eigenvalue weighted by Crippen LogP contribution is 2.49. The van der Waals surface area contributed by atoms with Gasteiger partial charge >= 0.3 is 18.1 Å². The third-order valence-electron chi connectivity index (χ3n) is 5.70. The van der Waals surface area contributed by atoms with Crippen molar-refractivity contribution in [3.8, 4) is 0 Å². The molecule has 6 N–H and O–H groups in total. The van der Waals surface area contributed by atoms with Crippen molar-refractivity contribution in [1.82, 2.24) is 30.2 Å². The fourth-order valence-electron chi connectivity index (χ4n) is 3.66. The molecule has 2 atom stereocenters. The molecule has 2 amide bonds. The van der Waals surface area contributed by atoms with Crippen LogP contribution < -0.4 is 15.7 Å². The second kappa shape index (κ2) is 25.4. The fraction of sp³-hybridized carbons (Fsp3) is 0.905. The molecular weight excluding hydrogens is 790 g/mol. The van der Waals surface area contributed by atoms with E-state index in [-0.39, 0.29) is 18.4 Å². The van der Waals surface area contributed by atoms with Crippen LogP contribution in [0.3, 0.4) is 0 Å². The molecule has 22 heteroatoms. The highest BCUT2D eigenvalue weighted by Gasteiger charge is 2.37. The minimum absolute atomic E-state index is 0.171. The molecule has 3 fully saturated rings. The van der Waals surface area contributed by atoms with E-state index in [9.17, 15) is 14.2 Å². The summed E-state index contributed by atoms with van der Waals surface area (Å²) in [5.74, 6) is 0.974. The number of nitrogens with zero attached hydrogens (tertiary/aromatic N) is 3. The molecule has 0 aliphatic carbocycles. The van der Waals surface area contributed by atoms with Crippen molar-refractivity contribution in [2.45, 2.75) is 25.5 Å². The van der Waals surface area contributed by atoms with Gasteiger partial charge in [-0.05, 0) is 0 Å². The maximum atomic E-state index is 12.4. The average molecular weight is 833 g/mol. The molecule has 0 aromatic carbocycles. The number of rotatable bonds is 10. The molecule has 0 bridgehead atoms. The van der Waals surface area contributed by atoms with Gasteiger partial charge in [0.15, 0.2) is 6.23 Å². The average Bonchev–Trinajstić information content (AvgIpc) is 2.98. The first kappa shape index (κ1) is 43.3. The van der Waals surface area contributed by atoms with E-state index in [1.54, 1.807) is 0 Å². The minimum atomic E-state index is -4.67. The Morgan fingerprint density at radius 2 is 1.33 bits per heavy atom. The van der Waals surface area contributed by atoms with Crippen LogP contribution in [0.4, 0.5) is 0 Å². The second-order valence-corrected chi connectivity index (χ2v) is 14.1. The lowest BCUT2D eigenvalue weighted by Gasteiger charge is -2.35. The highest BCUT2D eigenvalue weighted by atomic mass is 79.9. The summed E-state index contributed by atoms with van der Waals surface area (Å²) in [7, 11) is -7.87. The summed E-state index contributed by atoms with van der Waals surface area (Å²) in [6, 6.07) is 0. The predicted octanol–water partition coefficient (Wildman–Crippen LogP) is 1.45. The third-order valence-corrected chi connectivity index (χ3v) is 9.12. The molecule has 3 aliphatic heterocycles. The standard InChI is InChI=1S/C10H16Br2N2O2.C7H15Cl2N2O4P.C4H10N2.H2O4S/c11-3-1-9(15)13-5-7-14(8-6-13)10(16)2-4-12;8-2-4-11(5-3-9)16(13)10-7(15-12)1-6-14-16;1-2-6-4-3-5-1;1-5(2,3)4/h1-8H2;7,12H,1-6H2,(H,10,13);5-6H,1-4H2;(H2,1,2,3,4)/t;7-,16-;;/m.0../s1. The molecule has 3 aliphatic rings. The quantitative estimate of drug-likeness (QED) is 0.0606. The minimum Gasteiger partial charge on any atom is -0.339 e. The molecule has 0 radical (unpaired) electrons. The maximum Gasteiger partial charge on any atom is 0.394 e. The number of hydrogen-bond donors (Lipinski definition) is 6. The first-order valence-electron chi connectivity index (χ1n) is 13.3. The Hall–Kier alpha value is 0.300. The van der Waals surface area contributed by atoms with Crippen molar-refractivity contribution in [1.29, 1.82) is 0 Å². The molecule has 0 unspecified atom stereocenters. The third kappa shape index (κ3) is 21.7. The summed E-state index contributed by atoms with van der Waals surface area (Å²) < 4.78 is 50.7. The van der Waals surface area contributed by atoms with Crippen LogP contribution in [0.2, 0.25) is 0 Å². The zero-order chi connectivity index (χ0) is 32.7. The van der Waals surface area contributed by atoms with Crippen molar-refractivity contribution in [3.63, 3.8) is 0 Å². The highest BCUT2D eigenvalue weighted by molar-refractivity contribution is 9.09. The summed E-state index contributed by atoms with van der Waals surface area (Å²) in [6.07, 6.45) is 0.813. The number of halogens is 4. The van der Waals surface area contributed by atoms with Gasteiger partial charge in [0, 0.05) is 107 Å². The summed E-state index contributed by atoms with van der Waals surface area (Å²) in [6.45, 7) is 8.24. The summed E-state index contributed by atoms with van der Waals surface area (Å²) in [4.78, 5) is 31.0. The molecule has 0 saturated carbocycles. The van der Waals surface area contributed by atoms with Crippen molar-refractivity contribution < 1.29 is 46.3 Å². The molecule has 0 aromatic heterocycles. The number of piperazine rings is 2. The number of carbonyl (C=O) groups excluding carboxylic acids is 2. The Morgan fingerprint density at radius 1 is 0.930 bits per heavy atom. The Balaban J connectivity index is 0.000000610. The van der Waals surface area contributed by atoms with Gasteiger partial charge in [0.2, 0.25) is 11.8 Å². The van der Waals surface area contributed by atoms with E-state index in [1.807, 2.05) is 9.80 Å². The second-order valence-electron chi connectivity index (χ2n) is 8.78. The van der Waals surface area contributed by atoms with E-state index in [1.165, 1.54) is 4.67 Å². The summed E-state index contributed by atoms with van der Waals surface area (Å²) >= 11 is 17.7. The first-order chi connectivity index (χ1) is 20.3. The zero-order valence-corrected chi connectivity index (χ0v) is 30.1. The van der Waals surface area contributed by atoms with Gasteiger partial charge in [-0.1, -0.05) is 31.9 Å². The molecule has 43 heavy (non-hydrogen) atoms. The molecule has 3 rings (SSSR count). The SMILES string of the molecule is C1CNCCN1.O=C(CCBr)N1CCN(C(=O)CCBr)CC1.O=S(=O)(O)O.O=[P@@]1(N(CCCl)CCCl)N[C@@H](OO)CCO1. The van der Waals surface area contributed by atoms with Gasteiger partial charge in [-0.2, -0.15) is 8.42 Å².